The van der Waals surface area contributed by atoms with Crippen molar-refractivity contribution in [2.45, 2.75) is 103 Å². The van der Waals surface area contributed by atoms with E-state index in [4.69, 9.17) is 14.6 Å². The van der Waals surface area contributed by atoms with Crippen molar-refractivity contribution < 1.29 is 24.2 Å². The number of carboxylic acid groups (broad SMARTS) is 1. The predicted molar refractivity (Wildman–Crippen MR) is 125 cm³/mol. The summed E-state index contributed by atoms with van der Waals surface area (Å²) in [5, 5.41) is 9.14. The van der Waals surface area contributed by atoms with Gasteiger partial charge in [-0.1, -0.05) is 89.2 Å². The van der Waals surface area contributed by atoms with Crippen molar-refractivity contribution in [2.24, 2.45) is 0 Å². The zero-order valence-corrected chi connectivity index (χ0v) is 19.4. The third-order valence-electron chi connectivity index (χ3n) is 5.46. The molecule has 5 heteroatoms. The van der Waals surface area contributed by atoms with Crippen molar-refractivity contribution in [3.8, 4) is 5.75 Å². The van der Waals surface area contributed by atoms with Crippen LogP contribution in [0.5, 0.6) is 5.75 Å². The molecule has 0 aliphatic heterocycles. The van der Waals surface area contributed by atoms with Crippen molar-refractivity contribution in [3.05, 3.63) is 29.8 Å². The Morgan fingerprint density at radius 2 is 1.23 bits per heavy atom. The van der Waals surface area contributed by atoms with Crippen LogP contribution in [0.2, 0.25) is 0 Å². The molecule has 0 unspecified atom stereocenters. The fourth-order valence-electron chi connectivity index (χ4n) is 3.68. The zero-order chi connectivity index (χ0) is 22.6. The molecule has 0 aromatic heterocycles. The highest BCUT2D eigenvalue weighted by molar-refractivity contribution is 5.90. The van der Waals surface area contributed by atoms with Crippen molar-refractivity contribution in [1.82, 2.24) is 0 Å². The summed E-state index contributed by atoms with van der Waals surface area (Å²) in [5.41, 5.74) is 0.233. The number of carbonyl (C=O) groups is 2. The molecule has 0 atom stereocenters. The Morgan fingerprint density at radius 1 is 0.742 bits per heavy atom. The highest BCUT2D eigenvalue weighted by Gasteiger charge is 2.09. The Hall–Kier alpha value is -2.04. The van der Waals surface area contributed by atoms with Gasteiger partial charge in [-0.2, -0.15) is 0 Å². The van der Waals surface area contributed by atoms with Crippen LogP contribution in [0.4, 0.5) is 0 Å². The van der Waals surface area contributed by atoms with E-state index < -0.39 is 5.97 Å². The second-order valence-electron chi connectivity index (χ2n) is 8.15. The summed E-state index contributed by atoms with van der Waals surface area (Å²) in [6, 6.07) is 6.81. The van der Waals surface area contributed by atoms with Gasteiger partial charge in [0, 0.05) is 6.42 Å². The smallest absolute Gasteiger partial charge is 0.339 e. The summed E-state index contributed by atoms with van der Waals surface area (Å²) in [5.74, 6) is -0.536. The molecule has 0 amide bonds. The van der Waals surface area contributed by atoms with E-state index in [0.29, 0.717) is 25.4 Å². The van der Waals surface area contributed by atoms with Crippen molar-refractivity contribution in [2.75, 3.05) is 13.2 Å². The van der Waals surface area contributed by atoms with E-state index in [0.717, 1.165) is 25.7 Å². The summed E-state index contributed by atoms with van der Waals surface area (Å²) in [7, 11) is 0. The van der Waals surface area contributed by atoms with Crippen LogP contribution in [0.3, 0.4) is 0 Å². The third kappa shape index (κ3) is 14.6. The van der Waals surface area contributed by atoms with Gasteiger partial charge in [0.05, 0.1) is 13.2 Å². The lowest BCUT2D eigenvalue weighted by Gasteiger charge is -2.08. The number of ether oxygens (including phenoxy) is 2. The number of aromatic carboxylic acids is 1. The molecule has 1 rings (SSSR count). The molecular weight excluding hydrogens is 392 g/mol. The lowest BCUT2D eigenvalue weighted by Crippen LogP contribution is -2.04. The second-order valence-corrected chi connectivity index (χ2v) is 8.15. The lowest BCUT2D eigenvalue weighted by molar-refractivity contribution is -0.143. The van der Waals surface area contributed by atoms with Gasteiger partial charge in [0.25, 0.3) is 0 Å². The van der Waals surface area contributed by atoms with Crippen molar-refractivity contribution in [3.63, 3.8) is 0 Å². The quantitative estimate of drug-likeness (QED) is 0.174. The van der Waals surface area contributed by atoms with E-state index in [1.165, 1.54) is 64.2 Å². The summed E-state index contributed by atoms with van der Waals surface area (Å²) in [4.78, 5) is 22.4. The van der Waals surface area contributed by atoms with E-state index in [1.54, 1.807) is 24.3 Å². The molecule has 1 N–H and O–H groups in total. The number of hydrogen-bond acceptors (Lipinski definition) is 4. The number of para-hydroxylation sites is 1. The highest BCUT2D eigenvalue weighted by Crippen LogP contribution is 2.18. The molecule has 0 radical (unpaired) electrons. The first-order chi connectivity index (χ1) is 15.1. The number of carboxylic acids is 1. The van der Waals surface area contributed by atoms with Crippen LogP contribution >= 0.6 is 0 Å². The number of unbranched alkanes of at least 4 members (excludes halogenated alkanes) is 13. The lowest BCUT2D eigenvalue weighted by atomic mass is 10.0. The molecule has 0 saturated heterocycles. The number of carbonyl (C=O) groups excluding carboxylic acids is 1. The first-order valence-electron chi connectivity index (χ1n) is 12.3. The minimum Gasteiger partial charge on any atom is -0.493 e. The van der Waals surface area contributed by atoms with Crippen LogP contribution in [0.15, 0.2) is 24.3 Å². The molecule has 5 nitrogen and oxygen atoms in total. The predicted octanol–water partition coefficient (Wildman–Crippen LogP) is 7.18. The molecule has 0 saturated carbocycles. The van der Waals surface area contributed by atoms with Crippen molar-refractivity contribution >= 4 is 11.9 Å². The number of benzene rings is 1. The van der Waals surface area contributed by atoms with Crippen LogP contribution in [-0.2, 0) is 9.53 Å². The minimum atomic E-state index is -0.943. The molecule has 0 heterocycles. The van der Waals surface area contributed by atoms with Crippen LogP contribution < -0.4 is 4.74 Å². The van der Waals surface area contributed by atoms with Crippen molar-refractivity contribution in [1.29, 1.82) is 0 Å². The van der Waals surface area contributed by atoms with E-state index in [9.17, 15) is 9.59 Å². The van der Waals surface area contributed by atoms with Gasteiger partial charge in [-0.3, -0.25) is 4.79 Å². The number of rotatable bonds is 20. The average Bonchev–Trinajstić information content (AvgIpc) is 2.76. The van der Waals surface area contributed by atoms with Gasteiger partial charge in [0.15, 0.2) is 0 Å². The molecule has 1 aromatic carbocycles. The first-order valence-corrected chi connectivity index (χ1v) is 12.3. The molecule has 1 aromatic rings. The SMILES string of the molecule is CCOC(=O)CCCCCCCCCCCCCCCCOc1ccccc1C(=O)O. The Balaban J connectivity index is 1.81. The minimum absolute atomic E-state index is 0.0580. The molecule has 0 fully saturated rings. The van der Waals surface area contributed by atoms with E-state index in [-0.39, 0.29) is 11.5 Å². The second kappa shape index (κ2) is 18.7. The number of esters is 1. The van der Waals surface area contributed by atoms with Gasteiger partial charge < -0.3 is 14.6 Å². The van der Waals surface area contributed by atoms with Gasteiger partial charge in [0.2, 0.25) is 0 Å². The summed E-state index contributed by atoms with van der Waals surface area (Å²) >= 11 is 0. The summed E-state index contributed by atoms with van der Waals surface area (Å²) in [6.45, 7) is 2.91. The molecule has 31 heavy (non-hydrogen) atoms. The molecule has 0 aliphatic rings. The summed E-state index contributed by atoms with van der Waals surface area (Å²) in [6.07, 6.45) is 17.7. The molecule has 0 bridgehead atoms. The molecule has 0 aliphatic carbocycles. The van der Waals surface area contributed by atoms with Crippen LogP contribution in [0.25, 0.3) is 0 Å². The third-order valence-corrected chi connectivity index (χ3v) is 5.46. The van der Waals surface area contributed by atoms with Gasteiger partial charge in [0.1, 0.15) is 11.3 Å². The van der Waals surface area contributed by atoms with E-state index in [1.807, 2.05) is 6.92 Å². The maximum atomic E-state index is 11.2. The van der Waals surface area contributed by atoms with Gasteiger partial charge in [-0.05, 0) is 31.9 Å². The fourth-order valence-corrected chi connectivity index (χ4v) is 3.68. The van der Waals surface area contributed by atoms with Gasteiger partial charge in [-0.25, -0.2) is 4.79 Å². The van der Waals surface area contributed by atoms with E-state index in [2.05, 4.69) is 0 Å². The Labute approximate surface area is 188 Å². The van der Waals surface area contributed by atoms with Crippen LogP contribution in [0.1, 0.15) is 114 Å². The zero-order valence-electron chi connectivity index (χ0n) is 19.4. The Bertz CT molecular complexity index is 599. The number of hydrogen-bond donors (Lipinski definition) is 1. The maximum Gasteiger partial charge on any atom is 0.339 e. The summed E-state index contributed by atoms with van der Waals surface area (Å²) < 4.78 is 10.6. The standard InChI is InChI=1S/C26H42O5/c1-2-30-25(27)21-15-13-11-9-7-5-3-4-6-8-10-12-14-18-22-31-24-20-17-16-19-23(24)26(28)29/h16-17,19-20H,2-15,18,21-22H2,1H3,(H,28,29). The topological polar surface area (TPSA) is 72.8 Å². The van der Waals surface area contributed by atoms with E-state index >= 15 is 0 Å². The largest absolute Gasteiger partial charge is 0.493 e. The Morgan fingerprint density at radius 3 is 1.74 bits per heavy atom. The molecule has 0 spiro atoms. The van der Waals surface area contributed by atoms with Gasteiger partial charge >= 0.3 is 11.9 Å². The monoisotopic (exact) mass is 434 g/mol. The maximum absolute atomic E-state index is 11.2. The molecule has 176 valence electrons. The molecular formula is C26H42O5. The highest BCUT2D eigenvalue weighted by atomic mass is 16.5. The van der Waals surface area contributed by atoms with Gasteiger partial charge in [-0.15, -0.1) is 0 Å². The van der Waals surface area contributed by atoms with Crippen LogP contribution in [0, 0.1) is 0 Å². The average molecular weight is 435 g/mol. The fraction of sp³-hybridized carbons (Fsp3) is 0.692. The normalized spacial score (nSPS) is 10.7. The Kier molecular flexibility index (Phi) is 16.3. The van der Waals surface area contributed by atoms with Crippen LogP contribution in [-0.4, -0.2) is 30.3 Å². The first kappa shape index (κ1) is 27.0.